The fraction of sp³-hybridized carbons (Fsp3) is 0.263. The van der Waals surface area contributed by atoms with Gasteiger partial charge in [0.25, 0.3) is 5.91 Å². The van der Waals surface area contributed by atoms with Gasteiger partial charge >= 0.3 is 5.97 Å². The van der Waals surface area contributed by atoms with Gasteiger partial charge < -0.3 is 14.8 Å². The maximum absolute atomic E-state index is 12.1. The zero-order valence-electron chi connectivity index (χ0n) is 14.3. The van der Waals surface area contributed by atoms with E-state index in [1.807, 2.05) is 6.92 Å². The first-order chi connectivity index (χ1) is 12.5. The summed E-state index contributed by atoms with van der Waals surface area (Å²) in [5, 5.41) is 3.26. The average molecular weight is 441 g/mol. The third-order valence-corrected chi connectivity index (χ3v) is 4.22. The second-order valence-electron chi connectivity index (χ2n) is 5.48. The Morgan fingerprint density at radius 2 is 2.00 bits per heavy atom. The molecule has 0 aliphatic rings. The highest BCUT2D eigenvalue weighted by Gasteiger charge is 2.10. The Kier molecular flexibility index (Phi) is 7.94. The van der Waals surface area contributed by atoms with Crippen LogP contribution in [0.15, 0.2) is 46.9 Å². The molecule has 0 radical (unpaired) electrons. The van der Waals surface area contributed by atoms with E-state index >= 15 is 0 Å². The van der Waals surface area contributed by atoms with E-state index in [-0.39, 0.29) is 12.5 Å². The summed E-state index contributed by atoms with van der Waals surface area (Å²) >= 11 is 9.19. The molecule has 0 atom stereocenters. The number of hydrogen-bond acceptors (Lipinski definition) is 4. The minimum Gasteiger partial charge on any atom is -0.483 e. The molecule has 1 amide bonds. The van der Waals surface area contributed by atoms with Gasteiger partial charge in [0.15, 0.2) is 6.61 Å². The van der Waals surface area contributed by atoms with Crippen LogP contribution in [0.3, 0.4) is 0 Å². The van der Waals surface area contributed by atoms with Gasteiger partial charge in [-0.2, -0.15) is 0 Å². The lowest BCUT2D eigenvalue weighted by Gasteiger charge is -2.10. The van der Waals surface area contributed by atoms with Crippen molar-refractivity contribution >= 4 is 45.1 Å². The van der Waals surface area contributed by atoms with Crippen LogP contribution >= 0.6 is 27.5 Å². The molecule has 1 N–H and O–H groups in total. The molecule has 7 heteroatoms. The van der Waals surface area contributed by atoms with E-state index in [4.69, 9.17) is 21.1 Å². The Bertz CT molecular complexity index is 782. The van der Waals surface area contributed by atoms with Crippen LogP contribution in [0.4, 0.5) is 5.69 Å². The molecule has 2 rings (SSSR count). The molecule has 0 aliphatic carbocycles. The van der Waals surface area contributed by atoms with Gasteiger partial charge in [0, 0.05) is 10.7 Å². The van der Waals surface area contributed by atoms with Gasteiger partial charge in [-0.25, -0.2) is 4.79 Å². The van der Waals surface area contributed by atoms with Crippen molar-refractivity contribution < 1.29 is 19.1 Å². The predicted octanol–water partition coefficient (Wildman–Crippen LogP) is 5.08. The number of carbonyl (C=O) groups is 2. The number of halogens is 2. The second kappa shape index (κ2) is 10.2. The summed E-state index contributed by atoms with van der Waals surface area (Å²) in [5.74, 6) is -0.239. The van der Waals surface area contributed by atoms with E-state index < -0.39 is 5.97 Å². The minimum atomic E-state index is -0.407. The third-order valence-electron chi connectivity index (χ3n) is 3.37. The first kappa shape index (κ1) is 20.3. The van der Waals surface area contributed by atoms with Crippen molar-refractivity contribution in [2.45, 2.75) is 19.8 Å². The molecule has 0 saturated heterocycles. The second-order valence-corrected chi connectivity index (χ2v) is 6.77. The Labute approximate surface area is 165 Å². The van der Waals surface area contributed by atoms with E-state index in [1.54, 1.807) is 42.5 Å². The average Bonchev–Trinajstić information content (AvgIpc) is 2.61. The molecular weight excluding hydrogens is 422 g/mol. The van der Waals surface area contributed by atoms with Gasteiger partial charge in [-0.15, -0.1) is 0 Å². The smallest absolute Gasteiger partial charge is 0.338 e. The van der Waals surface area contributed by atoms with Crippen molar-refractivity contribution in [1.29, 1.82) is 0 Å². The fourth-order valence-electron chi connectivity index (χ4n) is 2.05. The molecule has 26 heavy (non-hydrogen) atoms. The van der Waals surface area contributed by atoms with E-state index in [0.29, 0.717) is 33.1 Å². The van der Waals surface area contributed by atoms with Crippen LogP contribution in [0.2, 0.25) is 5.02 Å². The van der Waals surface area contributed by atoms with Gasteiger partial charge in [0.05, 0.1) is 16.6 Å². The van der Waals surface area contributed by atoms with E-state index in [9.17, 15) is 9.59 Å². The summed E-state index contributed by atoms with van der Waals surface area (Å²) in [6, 6.07) is 11.6. The number of amides is 1. The fourth-order valence-corrected chi connectivity index (χ4v) is 2.85. The van der Waals surface area contributed by atoms with Crippen molar-refractivity contribution in [1.82, 2.24) is 0 Å². The summed E-state index contributed by atoms with van der Waals surface area (Å²) in [6.07, 6.45) is 1.77. The molecular formula is C19H19BrClNO4. The van der Waals surface area contributed by atoms with E-state index in [2.05, 4.69) is 21.2 Å². The Balaban J connectivity index is 1.90. The summed E-state index contributed by atoms with van der Waals surface area (Å²) in [4.78, 5) is 24.0. The highest BCUT2D eigenvalue weighted by Crippen LogP contribution is 2.27. The number of carbonyl (C=O) groups excluding carboxylic acids is 2. The number of ether oxygens (including phenoxy) is 2. The highest BCUT2D eigenvalue weighted by molar-refractivity contribution is 9.10. The van der Waals surface area contributed by atoms with Crippen LogP contribution < -0.4 is 10.1 Å². The Morgan fingerprint density at radius 3 is 2.73 bits per heavy atom. The number of benzene rings is 2. The third kappa shape index (κ3) is 6.35. The molecule has 0 saturated carbocycles. The van der Waals surface area contributed by atoms with Crippen molar-refractivity contribution in [2.75, 3.05) is 18.5 Å². The highest BCUT2D eigenvalue weighted by atomic mass is 79.9. The molecule has 5 nitrogen and oxygen atoms in total. The number of rotatable bonds is 8. The van der Waals surface area contributed by atoms with Gasteiger partial charge in [0.1, 0.15) is 5.75 Å². The topological polar surface area (TPSA) is 64.6 Å². The van der Waals surface area contributed by atoms with Crippen molar-refractivity contribution in [3.63, 3.8) is 0 Å². The number of anilines is 1. The summed E-state index contributed by atoms with van der Waals surface area (Å²) in [5.41, 5.74) is 0.888. The number of esters is 1. The minimum absolute atomic E-state index is 0.175. The molecule has 0 aliphatic heterocycles. The molecule has 0 unspecified atom stereocenters. The number of unbranched alkanes of at least 4 members (excludes halogenated alkanes) is 1. The van der Waals surface area contributed by atoms with Crippen molar-refractivity contribution in [3.05, 3.63) is 57.5 Å². The predicted molar refractivity (Wildman–Crippen MR) is 105 cm³/mol. The SMILES string of the molecule is CCCCOC(=O)c1cccc(NC(=O)COc2ccc(Cl)cc2Br)c1. The van der Waals surface area contributed by atoms with Crippen LogP contribution in [-0.4, -0.2) is 25.1 Å². The molecule has 0 bridgehead atoms. The molecule has 0 spiro atoms. The zero-order valence-corrected chi connectivity index (χ0v) is 16.6. The molecule has 0 fully saturated rings. The largest absolute Gasteiger partial charge is 0.483 e. The maximum Gasteiger partial charge on any atom is 0.338 e. The van der Waals surface area contributed by atoms with Crippen LogP contribution in [0.1, 0.15) is 30.1 Å². The van der Waals surface area contributed by atoms with Crippen LogP contribution in [0.5, 0.6) is 5.75 Å². The summed E-state index contributed by atoms with van der Waals surface area (Å²) in [7, 11) is 0. The first-order valence-corrected chi connectivity index (χ1v) is 9.31. The summed E-state index contributed by atoms with van der Waals surface area (Å²) in [6.45, 7) is 2.23. The van der Waals surface area contributed by atoms with Crippen LogP contribution in [0.25, 0.3) is 0 Å². The summed E-state index contributed by atoms with van der Waals surface area (Å²) < 4.78 is 11.3. The molecule has 0 heterocycles. The van der Waals surface area contributed by atoms with Crippen molar-refractivity contribution in [2.24, 2.45) is 0 Å². The van der Waals surface area contributed by atoms with Crippen molar-refractivity contribution in [3.8, 4) is 5.75 Å². The lowest BCUT2D eigenvalue weighted by Crippen LogP contribution is -2.20. The molecule has 2 aromatic rings. The maximum atomic E-state index is 12.1. The lowest BCUT2D eigenvalue weighted by molar-refractivity contribution is -0.118. The Hall–Kier alpha value is -2.05. The van der Waals surface area contributed by atoms with Gasteiger partial charge in [-0.05, 0) is 58.7 Å². The normalized spacial score (nSPS) is 10.3. The lowest BCUT2D eigenvalue weighted by atomic mass is 10.2. The molecule has 0 aromatic heterocycles. The molecule has 2 aromatic carbocycles. The van der Waals surface area contributed by atoms with E-state index in [0.717, 1.165) is 12.8 Å². The number of nitrogens with one attached hydrogen (secondary N) is 1. The Morgan fingerprint density at radius 1 is 1.19 bits per heavy atom. The van der Waals surface area contributed by atoms with Gasteiger partial charge in [0.2, 0.25) is 0 Å². The van der Waals surface area contributed by atoms with Gasteiger partial charge in [-0.1, -0.05) is 31.0 Å². The van der Waals surface area contributed by atoms with Gasteiger partial charge in [-0.3, -0.25) is 4.79 Å². The quantitative estimate of drug-likeness (QED) is 0.459. The van der Waals surface area contributed by atoms with Crippen LogP contribution in [0, 0.1) is 0 Å². The number of hydrogen-bond donors (Lipinski definition) is 1. The monoisotopic (exact) mass is 439 g/mol. The first-order valence-electron chi connectivity index (χ1n) is 8.14. The standard InChI is InChI=1S/C19H19BrClNO4/c1-2-3-9-25-19(24)13-5-4-6-15(10-13)22-18(23)12-26-17-8-7-14(21)11-16(17)20/h4-8,10-11H,2-3,9,12H2,1H3,(H,22,23). The van der Waals surface area contributed by atoms with E-state index in [1.165, 1.54) is 0 Å². The molecule has 138 valence electrons. The zero-order chi connectivity index (χ0) is 18.9. The van der Waals surface area contributed by atoms with Crippen LogP contribution in [-0.2, 0) is 9.53 Å².